The molecular weight excluding hydrogens is 359 g/mol. The Hall–Kier alpha value is -1.07. The third-order valence-electron chi connectivity index (χ3n) is 4.18. The molecule has 7 nitrogen and oxygen atoms in total. The fourth-order valence-corrected chi connectivity index (χ4v) is 4.60. The third-order valence-corrected chi connectivity index (χ3v) is 6.14. The largest absolute Gasteiger partial charge is 0.401 e. The van der Waals surface area contributed by atoms with E-state index in [1.165, 1.54) is 9.21 Å². The number of nitrogens with one attached hydrogen (secondary N) is 2. The van der Waals surface area contributed by atoms with Crippen LogP contribution in [0.25, 0.3) is 0 Å². The molecule has 0 spiro atoms. The highest BCUT2D eigenvalue weighted by Crippen LogP contribution is 2.20. The lowest BCUT2D eigenvalue weighted by atomic mass is 10.3. The van der Waals surface area contributed by atoms with Crippen LogP contribution in [0.15, 0.2) is 4.99 Å². The van der Waals surface area contributed by atoms with E-state index in [-0.39, 0.29) is 11.8 Å². The second kappa shape index (κ2) is 8.54. The molecule has 2 heterocycles. The first-order valence-electron chi connectivity index (χ1n) is 8.51. The molecule has 2 aliphatic heterocycles. The lowest BCUT2D eigenvalue weighted by Crippen LogP contribution is -2.45. The van der Waals surface area contributed by atoms with Crippen molar-refractivity contribution in [3.05, 3.63) is 0 Å². The molecule has 2 N–H and O–H groups in total. The van der Waals surface area contributed by atoms with Gasteiger partial charge in [0.05, 0.1) is 18.8 Å². The van der Waals surface area contributed by atoms with E-state index in [1.807, 2.05) is 6.92 Å². The average molecular weight is 385 g/mol. The molecule has 2 aliphatic rings. The Balaban J connectivity index is 1.82. The van der Waals surface area contributed by atoms with Gasteiger partial charge in [-0.25, -0.2) is 12.7 Å². The highest BCUT2D eigenvalue weighted by atomic mass is 32.2. The molecule has 0 aromatic carbocycles. The number of sulfonamides is 1. The van der Waals surface area contributed by atoms with Crippen LogP contribution < -0.4 is 10.6 Å². The fraction of sp³-hybridized carbons (Fsp3) is 0.929. The van der Waals surface area contributed by atoms with Crippen molar-refractivity contribution < 1.29 is 21.6 Å². The normalized spacial score (nSPS) is 25.4. The van der Waals surface area contributed by atoms with Crippen molar-refractivity contribution in [1.82, 2.24) is 19.8 Å². The zero-order valence-corrected chi connectivity index (χ0v) is 15.2. The Kier molecular flexibility index (Phi) is 6.92. The first-order valence-corrected chi connectivity index (χ1v) is 10.1. The summed E-state index contributed by atoms with van der Waals surface area (Å²) in [6.45, 7) is 3.48. The summed E-state index contributed by atoms with van der Waals surface area (Å²) in [6, 6.07) is -0.101. The van der Waals surface area contributed by atoms with Crippen molar-refractivity contribution >= 4 is 16.0 Å². The molecule has 0 bridgehead atoms. The zero-order valence-electron chi connectivity index (χ0n) is 14.3. The van der Waals surface area contributed by atoms with Crippen molar-refractivity contribution in [1.29, 1.82) is 0 Å². The third kappa shape index (κ3) is 6.63. The van der Waals surface area contributed by atoms with Crippen molar-refractivity contribution in [2.75, 3.05) is 51.6 Å². The summed E-state index contributed by atoms with van der Waals surface area (Å²) in [5.41, 5.74) is 0. The second-order valence-electron chi connectivity index (χ2n) is 6.31. The molecule has 2 saturated heterocycles. The molecule has 11 heteroatoms. The molecule has 0 aliphatic carbocycles. The maximum atomic E-state index is 12.4. The summed E-state index contributed by atoms with van der Waals surface area (Å²) in [7, 11) is -3.13. The van der Waals surface area contributed by atoms with E-state index < -0.39 is 22.7 Å². The van der Waals surface area contributed by atoms with E-state index in [1.54, 1.807) is 0 Å². The van der Waals surface area contributed by atoms with Gasteiger partial charge in [0.15, 0.2) is 5.96 Å². The number of nitrogens with zero attached hydrogens (tertiary/aromatic N) is 3. The van der Waals surface area contributed by atoms with E-state index in [0.29, 0.717) is 58.1 Å². The van der Waals surface area contributed by atoms with Crippen LogP contribution in [0.5, 0.6) is 0 Å². The van der Waals surface area contributed by atoms with Crippen LogP contribution in [0.2, 0.25) is 0 Å². The predicted octanol–water partition coefficient (Wildman–Crippen LogP) is 0.214. The van der Waals surface area contributed by atoms with E-state index >= 15 is 0 Å². The second-order valence-corrected chi connectivity index (χ2v) is 8.40. The standard InChI is InChI=1S/C14H26F3N5O2S/c1-2-18-13(19-5-8-22-6-3-9-25(22,23)24)20-12-4-7-21(10-12)11-14(15,16)17/h12H,2-11H2,1H3,(H2,18,19,20). The van der Waals surface area contributed by atoms with Crippen LogP contribution >= 0.6 is 0 Å². The van der Waals surface area contributed by atoms with Gasteiger partial charge in [-0.2, -0.15) is 13.2 Å². The topological polar surface area (TPSA) is 77.0 Å². The van der Waals surface area contributed by atoms with Crippen molar-refractivity contribution in [2.24, 2.45) is 4.99 Å². The van der Waals surface area contributed by atoms with Gasteiger partial charge in [0, 0.05) is 38.8 Å². The molecule has 146 valence electrons. The van der Waals surface area contributed by atoms with Gasteiger partial charge in [-0.05, 0) is 19.8 Å². The molecule has 2 rings (SSSR count). The van der Waals surface area contributed by atoms with Crippen LogP contribution in [-0.2, 0) is 10.0 Å². The smallest absolute Gasteiger partial charge is 0.357 e. The van der Waals surface area contributed by atoms with Crippen LogP contribution in [0, 0.1) is 0 Å². The molecule has 1 unspecified atom stereocenters. The highest BCUT2D eigenvalue weighted by molar-refractivity contribution is 7.89. The SMILES string of the molecule is CCNC(=NCCN1CCCS1(=O)=O)NC1CCN(CC(F)(F)F)C1. The Morgan fingerprint density at radius 3 is 2.68 bits per heavy atom. The predicted molar refractivity (Wildman–Crippen MR) is 90.0 cm³/mol. The summed E-state index contributed by atoms with van der Waals surface area (Å²) in [5.74, 6) is 0.699. The molecule has 2 fully saturated rings. The first-order chi connectivity index (χ1) is 11.7. The minimum Gasteiger partial charge on any atom is -0.357 e. The molecular formula is C14H26F3N5O2S. The van der Waals surface area contributed by atoms with E-state index in [4.69, 9.17) is 0 Å². The van der Waals surface area contributed by atoms with Gasteiger partial charge in [-0.3, -0.25) is 9.89 Å². The van der Waals surface area contributed by atoms with E-state index in [9.17, 15) is 21.6 Å². The lowest BCUT2D eigenvalue weighted by molar-refractivity contribution is -0.143. The van der Waals surface area contributed by atoms with Gasteiger partial charge in [0.2, 0.25) is 10.0 Å². The maximum absolute atomic E-state index is 12.4. The number of aliphatic imine (C=N–C) groups is 1. The molecule has 0 aromatic rings. The van der Waals surface area contributed by atoms with E-state index in [2.05, 4.69) is 15.6 Å². The van der Waals surface area contributed by atoms with Gasteiger partial charge in [0.1, 0.15) is 0 Å². The van der Waals surface area contributed by atoms with Gasteiger partial charge in [-0.15, -0.1) is 0 Å². The Labute approximate surface area is 146 Å². The molecule has 0 amide bonds. The number of guanidine groups is 1. The number of alkyl halides is 3. The Morgan fingerprint density at radius 2 is 2.08 bits per heavy atom. The van der Waals surface area contributed by atoms with Crippen molar-refractivity contribution in [3.8, 4) is 0 Å². The maximum Gasteiger partial charge on any atom is 0.401 e. The van der Waals surface area contributed by atoms with Gasteiger partial charge >= 0.3 is 6.18 Å². The van der Waals surface area contributed by atoms with Crippen LogP contribution in [0.3, 0.4) is 0 Å². The monoisotopic (exact) mass is 385 g/mol. The fourth-order valence-electron chi connectivity index (χ4n) is 3.08. The Bertz CT molecular complexity index is 567. The quantitative estimate of drug-likeness (QED) is 0.505. The molecule has 0 radical (unpaired) electrons. The van der Waals surface area contributed by atoms with Crippen LogP contribution in [0.1, 0.15) is 19.8 Å². The van der Waals surface area contributed by atoms with Crippen molar-refractivity contribution in [3.63, 3.8) is 0 Å². The van der Waals surface area contributed by atoms with Crippen LogP contribution in [0.4, 0.5) is 13.2 Å². The average Bonchev–Trinajstić information content (AvgIpc) is 3.04. The van der Waals surface area contributed by atoms with Crippen molar-refractivity contribution in [2.45, 2.75) is 32.0 Å². The summed E-state index contributed by atoms with van der Waals surface area (Å²) in [6.07, 6.45) is -2.93. The highest BCUT2D eigenvalue weighted by Gasteiger charge is 2.34. The van der Waals surface area contributed by atoms with E-state index in [0.717, 1.165) is 0 Å². The van der Waals surface area contributed by atoms with Gasteiger partial charge < -0.3 is 10.6 Å². The number of halogens is 3. The van der Waals surface area contributed by atoms with Gasteiger partial charge in [0.25, 0.3) is 0 Å². The minimum absolute atomic E-state index is 0.101. The molecule has 1 atom stereocenters. The number of hydrogen-bond donors (Lipinski definition) is 2. The lowest BCUT2D eigenvalue weighted by Gasteiger charge is -2.20. The number of likely N-dealkylation sites (tertiary alicyclic amines) is 1. The number of rotatable bonds is 6. The Morgan fingerprint density at radius 1 is 1.32 bits per heavy atom. The van der Waals surface area contributed by atoms with Gasteiger partial charge in [-0.1, -0.05) is 0 Å². The first kappa shape index (κ1) is 20.2. The molecule has 0 aromatic heterocycles. The number of hydrogen-bond acceptors (Lipinski definition) is 4. The minimum atomic E-state index is -4.19. The summed E-state index contributed by atoms with van der Waals surface area (Å²) >= 11 is 0. The molecule has 0 saturated carbocycles. The summed E-state index contributed by atoms with van der Waals surface area (Å²) in [4.78, 5) is 5.73. The molecule has 25 heavy (non-hydrogen) atoms. The summed E-state index contributed by atoms with van der Waals surface area (Å²) in [5, 5.41) is 6.19. The summed E-state index contributed by atoms with van der Waals surface area (Å²) < 4.78 is 62.2. The zero-order chi connectivity index (χ0) is 18.5. The van der Waals surface area contributed by atoms with Crippen LogP contribution in [-0.4, -0.2) is 87.4 Å².